The Morgan fingerprint density at radius 2 is 1.73 bits per heavy atom. The summed E-state index contributed by atoms with van der Waals surface area (Å²) in [5.41, 5.74) is 6.11. The average molecular weight is 413 g/mol. The van der Waals surface area contributed by atoms with Crippen LogP contribution in [0.5, 0.6) is 17.2 Å². The molecule has 30 heavy (non-hydrogen) atoms. The zero-order valence-corrected chi connectivity index (χ0v) is 19.3. The molecule has 0 amide bonds. The largest absolute Gasteiger partial charge is 0.496 e. The van der Waals surface area contributed by atoms with E-state index in [1.807, 2.05) is 0 Å². The number of nitrogens with zero attached hydrogens (tertiary/aromatic N) is 1. The van der Waals surface area contributed by atoms with E-state index in [4.69, 9.17) is 14.2 Å². The number of aryl methyl sites for hydroxylation is 2. The summed E-state index contributed by atoms with van der Waals surface area (Å²) in [4.78, 5) is 2.36. The average Bonchev–Trinajstić information content (AvgIpc) is 2.75. The molecule has 0 aromatic heterocycles. The summed E-state index contributed by atoms with van der Waals surface area (Å²) >= 11 is 0. The highest BCUT2D eigenvalue weighted by atomic mass is 16.5. The molecule has 5 nitrogen and oxygen atoms in total. The van der Waals surface area contributed by atoms with Crippen molar-refractivity contribution in [3.63, 3.8) is 0 Å². The third-order valence-electron chi connectivity index (χ3n) is 6.00. The number of nitrogens with one attached hydrogen (secondary N) is 1. The molecule has 0 bridgehead atoms. The highest BCUT2D eigenvalue weighted by Gasteiger charge is 2.27. The summed E-state index contributed by atoms with van der Waals surface area (Å²) in [5.74, 6) is 2.56. The fourth-order valence-corrected chi connectivity index (χ4v) is 4.42. The predicted molar refractivity (Wildman–Crippen MR) is 122 cm³/mol. The van der Waals surface area contributed by atoms with Crippen molar-refractivity contribution < 1.29 is 14.2 Å². The second-order valence-corrected chi connectivity index (χ2v) is 7.92. The third kappa shape index (κ3) is 4.73. The first-order valence-electron chi connectivity index (χ1n) is 11.0. The maximum Gasteiger partial charge on any atom is 0.161 e. The first-order chi connectivity index (χ1) is 14.5. The Labute approximate surface area is 181 Å². The number of rotatable bonds is 9. The number of hydrogen-bond acceptors (Lipinski definition) is 5. The summed E-state index contributed by atoms with van der Waals surface area (Å²) in [5, 5.41) is 3.69. The lowest BCUT2D eigenvalue weighted by atomic mass is 9.87. The zero-order valence-electron chi connectivity index (χ0n) is 19.3. The summed E-state index contributed by atoms with van der Waals surface area (Å²) in [6, 6.07) is 8.76. The number of ether oxygens (including phenoxy) is 3. The Hall–Kier alpha value is -2.24. The molecule has 5 heteroatoms. The van der Waals surface area contributed by atoms with Crippen molar-refractivity contribution >= 4 is 0 Å². The molecule has 1 aliphatic rings. The lowest BCUT2D eigenvalue weighted by molar-refractivity contribution is 0.217. The molecule has 0 aliphatic carbocycles. The normalized spacial score (nSPS) is 15.8. The monoisotopic (exact) mass is 412 g/mol. The first-order valence-corrected chi connectivity index (χ1v) is 11.0. The minimum atomic E-state index is 0.0679. The Morgan fingerprint density at radius 3 is 2.40 bits per heavy atom. The van der Waals surface area contributed by atoms with E-state index in [-0.39, 0.29) is 6.04 Å². The van der Waals surface area contributed by atoms with Crippen LogP contribution in [0.4, 0.5) is 0 Å². The van der Waals surface area contributed by atoms with Gasteiger partial charge in [-0.15, -0.1) is 0 Å². The number of likely N-dealkylation sites (N-methyl/N-ethyl adjacent to an activating group) is 1. The highest BCUT2D eigenvalue weighted by Crippen LogP contribution is 2.41. The molecule has 3 rings (SSSR count). The van der Waals surface area contributed by atoms with Crippen molar-refractivity contribution in [3.05, 3.63) is 52.1 Å². The molecule has 0 radical (unpaired) electrons. The van der Waals surface area contributed by atoms with Gasteiger partial charge in [-0.05, 0) is 62.2 Å². The molecule has 1 atom stereocenters. The van der Waals surface area contributed by atoms with Gasteiger partial charge in [0.15, 0.2) is 11.5 Å². The van der Waals surface area contributed by atoms with Crippen molar-refractivity contribution in [1.29, 1.82) is 0 Å². The van der Waals surface area contributed by atoms with Gasteiger partial charge in [-0.2, -0.15) is 0 Å². The van der Waals surface area contributed by atoms with Crippen LogP contribution in [0.2, 0.25) is 0 Å². The van der Waals surface area contributed by atoms with Crippen molar-refractivity contribution in [3.8, 4) is 17.2 Å². The summed E-state index contributed by atoms with van der Waals surface area (Å²) < 4.78 is 17.6. The second kappa shape index (κ2) is 10.2. The predicted octanol–water partition coefficient (Wildman–Crippen LogP) is 4.28. The van der Waals surface area contributed by atoms with Gasteiger partial charge in [0.25, 0.3) is 0 Å². The second-order valence-electron chi connectivity index (χ2n) is 7.92. The van der Waals surface area contributed by atoms with E-state index in [0.29, 0.717) is 6.61 Å². The van der Waals surface area contributed by atoms with E-state index in [1.54, 1.807) is 14.2 Å². The molecule has 0 fully saturated rings. The van der Waals surface area contributed by atoms with E-state index in [0.717, 1.165) is 55.4 Å². The quantitative estimate of drug-likeness (QED) is 0.666. The Bertz CT molecular complexity index is 862. The molecule has 2 aromatic carbocycles. The molecule has 0 saturated heterocycles. The van der Waals surface area contributed by atoms with Crippen LogP contribution in [0.25, 0.3) is 0 Å². The third-order valence-corrected chi connectivity index (χ3v) is 6.00. The van der Waals surface area contributed by atoms with Gasteiger partial charge in [-0.3, -0.25) is 0 Å². The summed E-state index contributed by atoms with van der Waals surface area (Å²) in [6.07, 6.45) is 0.967. The van der Waals surface area contributed by atoms with Crippen LogP contribution in [0.15, 0.2) is 24.3 Å². The van der Waals surface area contributed by atoms with E-state index >= 15 is 0 Å². The molecule has 1 aliphatic heterocycles. The maximum absolute atomic E-state index is 6.19. The Balaban J connectivity index is 1.96. The highest BCUT2D eigenvalue weighted by molar-refractivity contribution is 5.55. The van der Waals surface area contributed by atoms with Crippen molar-refractivity contribution in [1.82, 2.24) is 10.2 Å². The van der Waals surface area contributed by atoms with Crippen molar-refractivity contribution in [2.75, 3.05) is 47.0 Å². The molecule has 1 heterocycles. The summed E-state index contributed by atoms with van der Waals surface area (Å²) in [7, 11) is 3.46. The van der Waals surface area contributed by atoms with Crippen LogP contribution in [-0.4, -0.2) is 51.9 Å². The van der Waals surface area contributed by atoms with Gasteiger partial charge in [-0.25, -0.2) is 0 Å². The number of benzene rings is 2. The molecule has 2 aromatic rings. The molecule has 0 saturated carbocycles. The van der Waals surface area contributed by atoms with Crippen LogP contribution in [-0.2, 0) is 6.42 Å². The minimum absolute atomic E-state index is 0.0679. The first kappa shape index (κ1) is 22.4. The lowest BCUT2D eigenvalue weighted by Gasteiger charge is -2.30. The van der Waals surface area contributed by atoms with E-state index in [9.17, 15) is 0 Å². The summed E-state index contributed by atoms with van der Waals surface area (Å²) in [6.45, 7) is 13.1. The lowest BCUT2D eigenvalue weighted by Crippen LogP contribution is -2.31. The van der Waals surface area contributed by atoms with Crippen molar-refractivity contribution in [2.24, 2.45) is 0 Å². The number of methoxy groups -OCH3 is 2. The zero-order chi connectivity index (χ0) is 21.7. The minimum Gasteiger partial charge on any atom is -0.496 e. The molecular formula is C25H36N2O3. The molecule has 1 N–H and O–H groups in total. The van der Waals surface area contributed by atoms with Gasteiger partial charge >= 0.3 is 0 Å². The van der Waals surface area contributed by atoms with E-state index in [1.165, 1.54) is 22.3 Å². The van der Waals surface area contributed by atoms with Crippen LogP contribution in [0, 0.1) is 13.8 Å². The van der Waals surface area contributed by atoms with Crippen LogP contribution in [0.1, 0.15) is 47.7 Å². The van der Waals surface area contributed by atoms with Crippen LogP contribution >= 0.6 is 0 Å². The maximum atomic E-state index is 6.19. The van der Waals surface area contributed by atoms with Gasteiger partial charge in [0.05, 0.1) is 20.3 Å². The fraction of sp³-hybridized carbons (Fsp3) is 0.520. The van der Waals surface area contributed by atoms with Gasteiger partial charge in [0, 0.05) is 18.7 Å². The Morgan fingerprint density at radius 1 is 0.967 bits per heavy atom. The Kier molecular flexibility index (Phi) is 7.62. The van der Waals surface area contributed by atoms with Gasteiger partial charge < -0.3 is 24.4 Å². The standard InChI is InChI=1S/C25H36N2O3/c1-7-27(8-2)11-12-30-23-16-20-19(15-22(23)28-5)9-10-26-24(20)21-14-17(3)13-18(4)25(21)29-6/h13-16,24,26H,7-12H2,1-6H3. The van der Waals surface area contributed by atoms with Gasteiger partial charge in [0.1, 0.15) is 12.4 Å². The van der Waals surface area contributed by atoms with Crippen LogP contribution < -0.4 is 19.5 Å². The van der Waals surface area contributed by atoms with E-state index < -0.39 is 0 Å². The van der Waals surface area contributed by atoms with Gasteiger partial charge in [0.2, 0.25) is 0 Å². The molecule has 164 valence electrons. The van der Waals surface area contributed by atoms with Crippen LogP contribution in [0.3, 0.4) is 0 Å². The SMILES string of the molecule is CCN(CC)CCOc1cc2c(cc1OC)CCNC2c1cc(C)cc(C)c1OC. The topological polar surface area (TPSA) is 43.0 Å². The van der Waals surface area contributed by atoms with E-state index in [2.05, 4.69) is 62.2 Å². The molecule has 1 unspecified atom stereocenters. The fourth-order valence-electron chi connectivity index (χ4n) is 4.42. The molecule has 0 spiro atoms. The van der Waals surface area contributed by atoms with Crippen molar-refractivity contribution in [2.45, 2.75) is 40.2 Å². The smallest absolute Gasteiger partial charge is 0.161 e. The molecular weight excluding hydrogens is 376 g/mol. The number of fused-ring (bicyclic) bond motifs is 1. The number of hydrogen-bond donors (Lipinski definition) is 1. The van der Waals surface area contributed by atoms with Gasteiger partial charge in [-0.1, -0.05) is 31.5 Å².